The Balaban J connectivity index is 1.49. The summed E-state index contributed by atoms with van der Waals surface area (Å²) < 4.78 is 22.5. The highest BCUT2D eigenvalue weighted by molar-refractivity contribution is 5.57. The van der Waals surface area contributed by atoms with Crippen LogP contribution in [0.4, 0.5) is 0 Å². The molecule has 2 atom stereocenters. The first kappa shape index (κ1) is 13.8. The van der Waals surface area contributed by atoms with Crippen LogP contribution < -0.4 is 18.9 Å². The van der Waals surface area contributed by atoms with Crippen LogP contribution in [0.5, 0.6) is 23.0 Å². The van der Waals surface area contributed by atoms with Gasteiger partial charge in [0, 0.05) is 30.6 Å². The van der Waals surface area contributed by atoms with Gasteiger partial charge in [0.1, 0.15) is 0 Å². The lowest BCUT2D eigenvalue weighted by Gasteiger charge is -2.45. The van der Waals surface area contributed by atoms with E-state index in [0.29, 0.717) is 25.5 Å². The maximum atomic E-state index is 5.77. The molecule has 25 heavy (non-hydrogen) atoms. The fourth-order valence-corrected chi connectivity index (χ4v) is 4.86. The molecule has 0 saturated carbocycles. The van der Waals surface area contributed by atoms with E-state index in [4.69, 9.17) is 18.9 Å². The fraction of sp³-hybridized carbons (Fsp3) is 0.400. The van der Waals surface area contributed by atoms with Crippen molar-refractivity contribution in [3.05, 3.63) is 46.5 Å². The van der Waals surface area contributed by atoms with Crippen molar-refractivity contribution in [1.29, 1.82) is 0 Å². The molecule has 2 aromatic rings. The normalized spacial score (nSPS) is 25.3. The molecule has 2 aromatic carbocycles. The first-order valence-electron chi connectivity index (χ1n) is 8.87. The summed E-state index contributed by atoms with van der Waals surface area (Å²) in [7, 11) is 0. The second-order valence-corrected chi connectivity index (χ2v) is 7.23. The van der Waals surface area contributed by atoms with Crippen LogP contribution in [-0.2, 0) is 13.0 Å². The third-order valence-electron chi connectivity index (χ3n) is 6.02. The number of ether oxygens (including phenoxy) is 4. The molecule has 0 amide bonds. The molecule has 4 aliphatic heterocycles. The molecule has 0 aliphatic carbocycles. The summed E-state index contributed by atoms with van der Waals surface area (Å²) in [4.78, 5) is 2.57. The molecule has 0 aromatic heterocycles. The highest BCUT2D eigenvalue weighted by Crippen LogP contribution is 2.52. The van der Waals surface area contributed by atoms with Crippen molar-refractivity contribution in [3.8, 4) is 23.0 Å². The van der Waals surface area contributed by atoms with Crippen LogP contribution in [0.1, 0.15) is 41.1 Å². The number of rotatable bonds is 0. The average molecular weight is 337 g/mol. The first-order valence-corrected chi connectivity index (χ1v) is 8.87. The molecule has 6 rings (SSSR count). The predicted molar refractivity (Wildman–Crippen MR) is 90.4 cm³/mol. The minimum absolute atomic E-state index is 0.328. The summed E-state index contributed by atoms with van der Waals surface area (Å²) in [5.74, 6) is 3.98. The highest BCUT2D eigenvalue weighted by atomic mass is 16.7. The summed E-state index contributed by atoms with van der Waals surface area (Å²) in [6.45, 7) is 4.93. The Hall–Kier alpha value is -2.40. The third kappa shape index (κ3) is 1.82. The molecule has 0 saturated heterocycles. The molecule has 5 nitrogen and oxygen atoms in total. The second-order valence-electron chi connectivity index (χ2n) is 7.23. The Kier molecular flexibility index (Phi) is 2.67. The van der Waals surface area contributed by atoms with Crippen molar-refractivity contribution in [3.63, 3.8) is 0 Å². The van der Waals surface area contributed by atoms with Crippen molar-refractivity contribution in [2.24, 2.45) is 0 Å². The quantitative estimate of drug-likeness (QED) is 0.737. The van der Waals surface area contributed by atoms with Crippen LogP contribution in [0, 0.1) is 0 Å². The molecule has 0 radical (unpaired) electrons. The summed E-state index contributed by atoms with van der Waals surface area (Å²) in [5.41, 5.74) is 5.44. The molecule has 0 N–H and O–H groups in total. The van der Waals surface area contributed by atoms with Crippen molar-refractivity contribution < 1.29 is 18.9 Å². The zero-order valence-corrected chi connectivity index (χ0v) is 14.1. The van der Waals surface area contributed by atoms with Gasteiger partial charge in [-0.2, -0.15) is 0 Å². The smallest absolute Gasteiger partial charge is 0.231 e. The van der Waals surface area contributed by atoms with E-state index in [9.17, 15) is 0 Å². The monoisotopic (exact) mass is 337 g/mol. The van der Waals surface area contributed by atoms with Gasteiger partial charge in [-0.15, -0.1) is 0 Å². The van der Waals surface area contributed by atoms with Crippen LogP contribution in [0.3, 0.4) is 0 Å². The van der Waals surface area contributed by atoms with Gasteiger partial charge in [-0.3, -0.25) is 4.90 Å². The Labute approximate surface area is 146 Å². The van der Waals surface area contributed by atoms with Crippen molar-refractivity contribution in [2.75, 3.05) is 20.1 Å². The minimum atomic E-state index is 0.328. The molecule has 0 fully saturated rings. The van der Waals surface area contributed by atoms with Crippen LogP contribution >= 0.6 is 0 Å². The summed E-state index contributed by atoms with van der Waals surface area (Å²) in [6.07, 6.45) is 1.04. The maximum absolute atomic E-state index is 5.77. The SMILES string of the molecule is C[C@@H]1c2ccc3c(c2CN2CCc4cc5c(cc4[C@H]12)OCO5)OCO3. The van der Waals surface area contributed by atoms with Gasteiger partial charge >= 0.3 is 0 Å². The van der Waals surface area contributed by atoms with Gasteiger partial charge in [0.25, 0.3) is 0 Å². The van der Waals surface area contributed by atoms with E-state index in [1.54, 1.807) is 0 Å². The molecule has 5 heteroatoms. The van der Waals surface area contributed by atoms with Crippen LogP contribution in [-0.4, -0.2) is 25.0 Å². The van der Waals surface area contributed by atoms with E-state index in [2.05, 4.69) is 36.1 Å². The van der Waals surface area contributed by atoms with Gasteiger partial charge in [0.2, 0.25) is 13.6 Å². The maximum Gasteiger partial charge on any atom is 0.231 e. The highest BCUT2D eigenvalue weighted by Gasteiger charge is 2.40. The number of nitrogens with zero attached hydrogens (tertiary/aromatic N) is 1. The lowest BCUT2D eigenvalue weighted by molar-refractivity contribution is 0.134. The third-order valence-corrected chi connectivity index (χ3v) is 6.02. The molecule has 4 aliphatic rings. The standard InChI is InChI=1S/C20H19NO4/c1-11-13-2-3-16-20(25-10-22-16)15(13)8-21-5-4-12-6-17-18(24-9-23-17)7-14(12)19(11)21/h2-3,6-7,11,19H,4-5,8-10H2,1H3/t11-,19+/m1/s1. The van der Waals surface area contributed by atoms with E-state index in [0.717, 1.165) is 42.5 Å². The lowest BCUT2D eigenvalue weighted by Crippen LogP contribution is -2.41. The van der Waals surface area contributed by atoms with E-state index in [-0.39, 0.29) is 0 Å². The number of benzene rings is 2. The minimum Gasteiger partial charge on any atom is -0.454 e. The molecule has 0 bridgehead atoms. The number of fused-ring (bicyclic) bond motifs is 7. The number of hydrogen-bond acceptors (Lipinski definition) is 5. The fourth-order valence-electron chi connectivity index (χ4n) is 4.86. The van der Waals surface area contributed by atoms with Gasteiger partial charge in [-0.05, 0) is 41.3 Å². The van der Waals surface area contributed by atoms with E-state index in [1.165, 1.54) is 22.3 Å². The van der Waals surface area contributed by atoms with E-state index >= 15 is 0 Å². The summed E-state index contributed by atoms with van der Waals surface area (Å²) >= 11 is 0. The van der Waals surface area contributed by atoms with Gasteiger partial charge in [0.15, 0.2) is 23.0 Å². The lowest BCUT2D eigenvalue weighted by atomic mass is 9.77. The zero-order valence-electron chi connectivity index (χ0n) is 14.1. The molecule has 4 heterocycles. The predicted octanol–water partition coefficient (Wildman–Crippen LogP) is 3.36. The Bertz CT molecular complexity index is 894. The zero-order chi connectivity index (χ0) is 16.5. The van der Waals surface area contributed by atoms with Crippen molar-refractivity contribution >= 4 is 0 Å². The average Bonchev–Trinajstić information content (AvgIpc) is 3.28. The topological polar surface area (TPSA) is 40.2 Å². The van der Waals surface area contributed by atoms with Gasteiger partial charge in [0.05, 0.1) is 0 Å². The Morgan fingerprint density at radius 2 is 1.72 bits per heavy atom. The van der Waals surface area contributed by atoms with E-state index in [1.807, 2.05) is 0 Å². The van der Waals surface area contributed by atoms with Crippen LogP contribution in [0.15, 0.2) is 24.3 Å². The molecule has 0 unspecified atom stereocenters. The largest absolute Gasteiger partial charge is 0.454 e. The summed E-state index contributed by atoms with van der Waals surface area (Å²) in [6, 6.07) is 9.01. The molecule has 128 valence electrons. The number of hydrogen-bond donors (Lipinski definition) is 0. The van der Waals surface area contributed by atoms with Crippen LogP contribution in [0.2, 0.25) is 0 Å². The first-order chi connectivity index (χ1) is 12.3. The molecular formula is C20H19NO4. The second kappa shape index (κ2) is 4.82. The van der Waals surface area contributed by atoms with Crippen LogP contribution in [0.25, 0.3) is 0 Å². The van der Waals surface area contributed by atoms with Crippen molar-refractivity contribution in [1.82, 2.24) is 4.90 Å². The van der Waals surface area contributed by atoms with E-state index < -0.39 is 0 Å². The Morgan fingerprint density at radius 1 is 0.920 bits per heavy atom. The Morgan fingerprint density at radius 3 is 2.64 bits per heavy atom. The van der Waals surface area contributed by atoms with Gasteiger partial charge in [-0.1, -0.05) is 13.0 Å². The molecular weight excluding hydrogens is 318 g/mol. The van der Waals surface area contributed by atoms with Gasteiger partial charge < -0.3 is 18.9 Å². The molecule has 0 spiro atoms. The summed E-state index contributed by atoms with van der Waals surface area (Å²) in [5, 5.41) is 0. The van der Waals surface area contributed by atoms with Gasteiger partial charge in [-0.25, -0.2) is 0 Å². The van der Waals surface area contributed by atoms with Crippen molar-refractivity contribution in [2.45, 2.75) is 31.8 Å².